The van der Waals surface area contributed by atoms with E-state index >= 15 is 0 Å². The Morgan fingerprint density at radius 2 is 1.96 bits per heavy atom. The fourth-order valence-electron chi connectivity index (χ4n) is 2.70. The molecular weight excluding hydrogens is 322 g/mol. The number of rotatable bonds is 5. The molecule has 1 amide bonds. The van der Waals surface area contributed by atoms with Gasteiger partial charge in [-0.1, -0.05) is 42.5 Å². The van der Waals surface area contributed by atoms with Crippen LogP contribution in [0.25, 0.3) is 0 Å². The number of nitrogens with zero attached hydrogens (tertiary/aromatic N) is 2. The summed E-state index contributed by atoms with van der Waals surface area (Å²) in [7, 11) is 0. The average molecular weight is 338 g/mol. The van der Waals surface area contributed by atoms with Gasteiger partial charge in [-0.3, -0.25) is 4.79 Å². The van der Waals surface area contributed by atoms with Crippen LogP contribution in [0.4, 0.5) is 5.69 Å². The van der Waals surface area contributed by atoms with Gasteiger partial charge in [0.2, 0.25) is 5.91 Å². The van der Waals surface area contributed by atoms with Crippen molar-refractivity contribution in [2.24, 2.45) is 0 Å². The number of halogens is 1. The third-order valence-corrected chi connectivity index (χ3v) is 4.18. The summed E-state index contributed by atoms with van der Waals surface area (Å²) in [6.45, 7) is 1.04. The number of nitrogens with one attached hydrogen (secondary N) is 1. The van der Waals surface area contributed by atoms with Gasteiger partial charge in [-0.25, -0.2) is 0 Å². The minimum Gasteiger partial charge on any atom is -0.356 e. The second kappa shape index (κ2) is 7.20. The average Bonchev–Trinajstić information content (AvgIpc) is 2.95. The van der Waals surface area contributed by atoms with Crippen LogP contribution in [0, 0.1) is 11.3 Å². The number of benzene rings is 2. The summed E-state index contributed by atoms with van der Waals surface area (Å²) in [5, 5.41) is 12.5. The summed E-state index contributed by atoms with van der Waals surface area (Å²) < 4.78 is 0. The number of anilines is 1. The molecule has 3 rings (SSSR count). The zero-order valence-electron chi connectivity index (χ0n) is 13.0. The van der Waals surface area contributed by atoms with Crippen LogP contribution in [0.1, 0.15) is 16.7 Å². The Hall–Kier alpha value is -2.77. The van der Waals surface area contributed by atoms with E-state index < -0.39 is 0 Å². The van der Waals surface area contributed by atoms with E-state index in [1.54, 1.807) is 23.1 Å². The van der Waals surface area contributed by atoms with Crippen molar-refractivity contribution in [2.75, 3.05) is 11.9 Å². The molecule has 0 unspecified atom stereocenters. The zero-order chi connectivity index (χ0) is 16.9. The Bertz CT molecular complexity index is 824. The SMILES string of the molecule is N#Cc1cccc(CCl)c1NC1=CC(=O)N(Cc2ccccc2)C1. The van der Waals surface area contributed by atoms with Gasteiger partial charge in [0.25, 0.3) is 0 Å². The number of hydrogen-bond acceptors (Lipinski definition) is 3. The van der Waals surface area contributed by atoms with Gasteiger partial charge in [0, 0.05) is 24.2 Å². The number of alkyl halides is 1. The fourth-order valence-corrected chi connectivity index (χ4v) is 2.92. The first-order valence-electron chi connectivity index (χ1n) is 7.59. The molecule has 0 saturated heterocycles. The van der Waals surface area contributed by atoms with Crippen LogP contribution in [-0.2, 0) is 17.2 Å². The van der Waals surface area contributed by atoms with Crippen LogP contribution >= 0.6 is 11.6 Å². The maximum absolute atomic E-state index is 12.2. The largest absolute Gasteiger partial charge is 0.356 e. The van der Waals surface area contributed by atoms with Crippen LogP contribution in [0.5, 0.6) is 0 Å². The maximum Gasteiger partial charge on any atom is 0.249 e. The Balaban J connectivity index is 1.75. The molecule has 0 spiro atoms. The third kappa shape index (κ3) is 3.42. The minimum atomic E-state index is -0.0387. The summed E-state index contributed by atoms with van der Waals surface area (Å²) in [4.78, 5) is 14.0. The Morgan fingerprint density at radius 1 is 1.17 bits per heavy atom. The van der Waals surface area contributed by atoms with E-state index in [-0.39, 0.29) is 5.91 Å². The van der Waals surface area contributed by atoms with Crippen LogP contribution in [-0.4, -0.2) is 17.4 Å². The van der Waals surface area contributed by atoms with Crippen molar-refractivity contribution in [3.63, 3.8) is 0 Å². The topological polar surface area (TPSA) is 56.1 Å². The summed E-state index contributed by atoms with van der Waals surface area (Å²) >= 11 is 5.96. The van der Waals surface area contributed by atoms with Crippen LogP contribution in [0.2, 0.25) is 0 Å². The van der Waals surface area contributed by atoms with Crippen molar-refractivity contribution in [3.05, 3.63) is 77.0 Å². The zero-order valence-corrected chi connectivity index (χ0v) is 13.8. The van der Waals surface area contributed by atoms with Crippen molar-refractivity contribution >= 4 is 23.2 Å². The minimum absolute atomic E-state index is 0.0387. The molecule has 1 aliphatic rings. The lowest BCUT2D eigenvalue weighted by molar-refractivity contribution is -0.125. The van der Waals surface area contributed by atoms with Crippen molar-refractivity contribution in [2.45, 2.75) is 12.4 Å². The highest BCUT2D eigenvalue weighted by atomic mass is 35.5. The summed E-state index contributed by atoms with van der Waals surface area (Å²) in [5.41, 5.74) is 3.88. The lowest BCUT2D eigenvalue weighted by atomic mass is 10.1. The van der Waals surface area contributed by atoms with Gasteiger partial charge < -0.3 is 10.2 Å². The van der Waals surface area contributed by atoms with E-state index in [1.807, 2.05) is 36.4 Å². The normalized spacial score (nSPS) is 13.6. The maximum atomic E-state index is 12.2. The van der Waals surface area contributed by atoms with Crippen molar-refractivity contribution in [1.82, 2.24) is 4.90 Å². The van der Waals surface area contributed by atoms with Gasteiger partial charge in [0.05, 0.1) is 17.8 Å². The first-order chi connectivity index (χ1) is 11.7. The van der Waals surface area contributed by atoms with E-state index in [2.05, 4.69) is 11.4 Å². The van der Waals surface area contributed by atoms with E-state index in [9.17, 15) is 10.1 Å². The predicted octanol–water partition coefficient (Wildman–Crippen LogP) is 3.64. The molecule has 0 atom stereocenters. The molecule has 4 nitrogen and oxygen atoms in total. The van der Waals surface area contributed by atoms with Gasteiger partial charge in [-0.2, -0.15) is 5.26 Å². The first kappa shape index (κ1) is 16.1. The highest BCUT2D eigenvalue weighted by Gasteiger charge is 2.22. The third-order valence-electron chi connectivity index (χ3n) is 3.89. The fraction of sp³-hybridized carbons (Fsp3) is 0.158. The summed E-state index contributed by atoms with van der Waals surface area (Å²) in [6, 6.07) is 17.4. The molecular formula is C19H16ClN3O. The van der Waals surface area contributed by atoms with E-state index in [4.69, 9.17) is 11.6 Å². The van der Waals surface area contributed by atoms with Crippen molar-refractivity contribution in [3.8, 4) is 6.07 Å². The number of nitriles is 1. The van der Waals surface area contributed by atoms with E-state index in [0.717, 1.165) is 16.8 Å². The Labute approximate surface area is 146 Å². The summed E-state index contributed by atoms with van der Waals surface area (Å²) in [5.74, 6) is 0.260. The molecule has 0 bridgehead atoms. The molecule has 24 heavy (non-hydrogen) atoms. The molecule has 0 saturated carbocycles. The van der Waals surface area contributed by atoms with Gasteiger partial charge in [-0.15, -0.1) is 11.6 Å². The quantitative estimate of drug-likeness (QED) is 0.847. The second-order valence-corrected chi connectivity index (χ2v) is 5.83. The molecule has 0 aliphatic carbocycles. The number of hydrogen-bond donors (Lipinski definition) is 1. The molecule has 0 radical (unpaired) electrons. The highest BCUT2D eigenvalue weighted by molar-refractivity contribution is 6.17. The monoisotopic (exact) mass is 337 g/mol. The predicted molar refractivity (Wildman–Crippen MR) is 94.3 cm³/mol. The molecule has 0 fully saturated rings. The molecule has 2 aromatic carbocycles. The van der Waals surface area contributed by atoms with Crippen LogP contribution in [0.15, 0.2) is 60.3 Å². The lowest BCUT2D eigenvalue weighted by Gasteiger charge is -2.18. The molecule has 1 heterocycles. The van der Waals surface area contributed by atoms with Gasteiger partial charge in [0.15, 0.2) is 0 Å². The number of amides is 1. The van der Waals surface area contributed by atoms with Crippen molar-refractivity contribution < 1.29 is 4.79 Å². The lowest BCUT2D eigenvalue weighted by Crippen LogP contribution is -2.26. The summed E-state index contributed by atoms with van der Waals surface area (Å²) in [6.07, 6.45) is 1.58. The Kier molecular flexibility index (Phi) is 4.83. The van der Waals surface area contributed by atoms with Crippen LogP contribution in [0.3, 0.4) is 0 Å². The molecule has 0 aromatic heterocycles. The molecule has 1 aliphatic heterocycles. The molecule has 5 heteroatoms. The van der Waals surface area contributed by atoms with Gasteiger partial charge in [-0.05, 0) is 17.2 Å². The number of carbonyl (C=O) groups is 1. The smallest absolute Gasteiger partial charge is 0.249 e. The molecule has 1 N–H and O–H groups in total. The number of para-hydroxylation sites is 1. The first-order valence-corrected chi connectivity index (χ1v) is 8.13. The highest BCUT2D eigenvalue weighted by Crippen LogP contribution is 2.25. The van der Waals surface area contributed by atoms with Crippen molar-refractivity contribution in [1.29, 1.82) is 5.26 Å². The van der Waals surface area contributed by atoms with E-state index in [1.165, 1.54) is 0 Å². The van der Waals surface area contributed by atoms with E-state index in [0.29, 0.717) is 30.2 Å². The molecule has 2 aromatic rings. The molecule has 120 valence electrons. The standard InChI is InChI=1S/C19H16ClN3O/c20-10-15-7-4-8-16(11-21)19(15)22-17-9-18(24)23(13-17)12-14-5-2-1-3-6-14/h1-9,22H,10,12-13H2. The van der Waals surface area contributed by atoms with Gasteiger partial charge in [0.1, 0.15) is 6.07 Å². The van der Waals surface area contributed by atoms with Gasteiger partial charge >= 0.3 is 0 Å². The number of carbonyl (C=O) groups excluding carboxylic acids is 1. The second-order valence-electron chi connectivity index (χ2n) is 5.56. The Morgan fingerprint density at radius 3 is 2.67 bits per heavy atom. The van der Waals surface area contributed by atoms with Crippen LogP contribution < -0.4 is 5.32 Å².